The van der Waals surface area contributed by atoms with E-state index in [1.54, 1.807) is 22.5 Å². The molecule has 2 atom stereocenters. The summed E-state index contributed by atoms with van der Waals surface area (Å²) in [6.07, 6.45) is 0. The minimum atomic E-state index is -3.47. The molecule has 1 aromatic rings. The second-order valence-corrected chi connectivity index (χ2v) is 6.93. The summed E-state index contributed by atoms with van der Waals surface area (Å²) in [6.45, 7) is 5.16. The van der Waals surface area contributed by atoms with Crippen molar-refractivity contribution in [3.8, 4) is 0 Å². The molecule has 0 spiro atoms. The highest BCUT2D eigenvalue weighted by Gasteiger charge is 2.35. The molecule has 0 aromatic heterocycles. The number of nitrogens with one attached hydrogen (secondary N) is 1. The Balaban J connectivity index is 2.41. The second kappa shape index (κ2) is 5.17. The lowest BCUT2D eigenvalue weighted by Gasteiger charge is -2.38. The van der Waals surface area contributed by atoms with Crippen LogP contribution in [-0.2, 0) is 10.0 Å². The lowest BCUT2D eigenvalue weighted by Crippen LogP contribution is -2.57. The first kappa shape index (κ1) is 13.8. The third-order valence-corrected chi connectivity index (χ3v) is 5.48. The number of rotatable bonds is 2. The molecule has 1 aromatic carbocycles. The molecule has 2 unspecified atom stereocenters. The molecule has 1 N–H and O–H groups in total. The van der Waals surface area contributed by atoms with E-state index in [4.69, 9.17) is 11.6 Å². The van der Waals surface area contributed by atoms with E-state index in [0.29, 0.717) is 18.1 Å². The molecule has 1 saturated heterocycles. The third-order valence-electron chi connectivity index (χ3n) is 3.12. The van der Waals surface area contributed by atoms with Gasteiger partial charge in [0.2, 0.25) is 10.0 Å². The summed E-state index contributed by atoms with van der Waals surface area (Å²) in [5, 5.41) is 3.65. The van der Waals surface area contributed by atoms with Gasteiger partial charge in [0.15, 0.2) is 0 Å². The molecule has 0 saturated carbocycles. The molecular formula is C12H17ClN2O2S. The molecule has 6 heteroatoms. The van der Waals surface area contributed by atoms with Gasteiger partial charge in [0.25, 0.3) is 0 Å². The van der Waals surface area contributed by atoms with E-state index in [2.05, 4.69) is 5.32 Å². The monoisotopic (exact) mass is 288 g/mol. The van der Waals surface area contributed by atoms with E-state index in [1.807, 2.05) is 13.8 Å². The highest BCUT2D eigenvalue weighted by atomic mass is 35.5. The summed E-state index contributed by atoms with van der Waals surface area (Å²) < 4.78 is 26.8. The Hall–Kier alpha value is -0.620. The van der Waals surface area contributed by atoms with Gasteiger partial charge in [-0.15, -0.1) is 0 Å². The minimum Gasteiger partial charge on any atom is -0.314 e. The normalized spacial score (nSPS) is 26.2. The zero-order valence-electron chi connectivity index (χ0n) is 10.4. The highest BCUT2D eigenvalue weighted by molar-refractivity contribution is 7.89. The predicted octanol–water partition coefficient (Wildman–Crippen LogP) is 1.71. The first-order chi connectivity index (χ1) is 8.43. The first-order valence-corrected chi connectivity index (χ1v) is 7.74. The van der Waals surface area contributed by atoms with Gasteiger partial charge in [0, 0.05) is 30.2 Å². The van der Waals surface area contributed by atoms with Gasteiger partial charge >= 0.3 is 0 Å². The number of sulfonamides is 1. The average molecular weight is 289 g/mol. The van der Waals surface area contributed by atoms with Crippen molar-refractivity contribution in [2.75, 3.05) is 13.1 Å². The summed E-state index contributed by atoms with van der Waals surface area (Å²) in [4.78, 5) is 0.260. The van der Waals surface area contributed by atoms with Crippen molar-refractivity contribution in [2.24, 2.45) is 0 Å². The summed E-state index contributed by atoms with van der Waals surface area (Å²) in [5.41, 5.74) is 0. The Morgan fingerprint density at radius 2 is 1.89 bits per heavy atom. The van der Waals surface area contributed by atoms with Gasteiger partial charge in [-0.2, -0.15) is 4.31 Å². The van der Waals surface area contributed by atoms with Crippen molar-refractivity contribution >= 4 is 21.6 Å². The molecule has 4 nitrogen and oxygen atoms in total. The van der Waals surface area contributed by atoms with Crippen LogP contribution in [0.3, 0.4) is 0 Å². The largest absolute Gasteiger partial charge is 0.314 e. The van der Waals surface area contributed by atoms with E-state index >= 15 is 0 Å². The Kier molecular flexibility index (Phi) is 3.96. The molecule has 1 aliphatic rings. The maximum atomic E-state index is 12.6. The van der Waals surface area contributed by atoms with Crippen molar-refractivity contribution < 1.29 is 8.42 Å². The van der Waals surface area contributed by atoms with Crippen LogP contribution in [0.4, 0.5) is 0 Å². The Labute approximate surface area is 113 Å². The van der Waals surface area contributed by atoms with Gasteiger partial charge in [-0.05, 0) is 32.0 Å². The zero-order chi connectivity index (χ0) is 13.3. The van der Waals surface area contributed by atoms with Crippen molar-refractivity contribution in [3.05, 3.63) is 29.3 Å². The Morgan fingerprint density at radius 3 is 2.44 bits per heavy atom. The highest BCUT2D eigenvalue weighted by Crippen LogP contribution is 2.24. The van der Waals surface area contributed by atoms with Gasteiger partial charge in [-0.25, -0.2) is 8.42 Å². The number of nitrogens with zero attached hydrogens (tertiary/aromatic N) is 1. The summed E-state index contributed by atoms with van der Waals surface area (Å²) in [6, 6.07) is 6.30. The quantitative estimate of drug-likeness (QED) is 0.901. The molecule has 1 heterocycles. The molecule has 2 rings (SSSR count). The van der Waals surface area contributed by atoms with Crippen LogP contribution >= 0.6 is 11.6 Å². The van der Waals surface area contributed by atoms with Gasteiger partial charge in [0.05, 0.1) is 4.90 Å². The molecule has 1 fully saturated rings. The van der Waals surface area contributed by atoms with E-state index < -0.39 is 10.0 Å². The molecule has 0 aliphatic carbocycles. The van der Waals surface area contributed by atoms with Crippen LogP contribution in [0.1, 0.15) is 13.8 Å². The SMILES string of the molecule is CC1CNCC(C)N1S(=O)(=O)c1cccc(Cl)c1. The van der Waals surface area contributed by atoms with Gasteiger partial charge in [0.1, 0.15) is 0 Å². The van der Waals surface area contributed by atoms with E-state index in [-0.39, 0.29) is 17.0 Å². The predicted molar refractivity (Wildman–Crippen MR) is 72.3 cm³/mol. The molecular weight excluding hydrogens is 272 g/mol. The van der Waals surface area contributed by atoms with Crippen LogP contribution in [0, 0.1) is 0 Å². The Morgan fingerprint density at radius 1 is 1.28 bits per heavy atom. The standard InChI is InChI=1S/C12H17ClN2O2S/c1-9-7-14-8-10(2)15(9)18(16,17)12-5-3-4-11(13)6-12/h3-6,9-10,14H,7-8H2,1-2H3. The first-order valence-electron chi connectivity index (χ1n) is 5.93. The lowest BCUT2D eigenvalue weighted by atomic mass is 10.2. The van der Waals surface area contributed by atoms with E-state index in [0.717, 1.165) is 0 Å². The maximum Gasteiger partial charge on any atom is 0.243 e. The van der Waals surface area contributed by atoms with Gasteiger partial charge in [-0.3, -0.25) is 0 Å². The van der Waals surface area contributed by atoms with Crippen LogP contribution in [0.15, 0.2) is 29.2 Å². The average Bonchev–Trinajstić information content (AvgIpc) is 2.28. The second-order valence-electron chi connectivity index (χ2n) is 4.65. The lowest BCUT2D eigenvalue weighted by molar-refractivity contribution is 0.220. The van der Waals surface area contributed by atoms with Gasteiger partial charge < -0.3 is 5.32 Å². The fourth-order valence-corrected chi connectivity index (χ4v) is 4.46. The fraction of sp³-hybridized carbons (Fsp3) is 0.500. The fourth-order valence-electron chi connectivity index (χ4n) is 2.34. The number of piperazine rings is 1. The van der Waals surface area contributed by atoms with Crippen LogP contribution in [-0.4, -0.2) is 37.9 Å². The van der Waals surface area contributed by atoms with Crippen LogP contribution < -0.4 is 5.32 Å². The molecule has 100 valence electrons. The van der Waals surface area contributed by atoms with Crippen LogP contribution in [0.2, 0.25) is 5.02 Å². The molecule has 0 radical (unpaired) electrons. The van der Waals surface area contributed by atoms with Crippen LogP contribution in [0.25, 0.3) is 0 Å². The molecule has 0 bridgehead atoms. The smallest absolute Gasteiger partial charge is 0.243 e. The number of hydrogen-bond acceptors (Lipinski definition) is 3. The van der Waals surface area contributed by atoms with Gasteiger partial charge in [-0.1, -0.05) is 17.7 Å². The molecule has 0 amide bonds. The van der Waals surface area contributed by atoms with Crippen LogP contribution in [0.5, 0.6) is 0 Å². The van der Waals surface area contributed by atoms with Crippen molar-refractivity contribution in [2.45, 2.75) is 30.8 Å². The number of benzene rings is 1. The van der Waals surface area contributed by atoms with E-state index in [1.165, 1.54) is 6.07 Å². The zero-order valence-corrected chi connectivity index (χ0v) is 12.0. The third kappa shape index (κ3) is 2.54. The van der Waals surface area contributed by atoms with Crippen molar-refractivity contribution in [1.29, 1.82) is 0 Å². The minimum absolute atomic E-state index is 0.0577. The summed E-state index contributed by atoms with van der Waals surface area (Å²) >= 11 is 5.87. The number of hydrogen-bond donors (Lipinski definition) is 1. The molecule has 18 heavy (non-hydrogen) atoms. The topological polar surface area (TPSA) is 49.4 Å². The summed E-state index contributed by atoms with van der Waals surface area (Å²) in [7, 11) is -3.47. The summed E-state index contributed by atoms with van der Waals surface area (Å²) in [5.74, 6) is 0. The number of halogens is 1. The maximum absolute atomic E-state index is 12.6. The van der Waals surface area contributed by atoms with Crippen molar-refractivity contribution in [1.82, 2.24) is 9.62 Å². The Bertz CT molecular complexity index is 523. The molecule has 1 aliphatic heterocycles. The van der Waals surface area contributed by atoms with E-state index in [9.17, 15) is 8.42 Å². The van der Waals surface area contributed by atoms with Crippen molar-refractivity contribution in [3.63, 3.8) is 0 Å².